The normalized spacial score (nSPS) is 11.1. The molecule has 1 nitrogen and oxygen atoms in total. The molecule has 2 aromatic heterocycles. The Morgan fingerprint density at radius 3 is 2.48 bits per heavy atom. The summed E-state index contributed by atoms with van der Waals surface area (Å²) in [5, 5.41) is 1.20. The van der Waals surface area contributed by atoms with E-state index in [-0.39, 0.29) is 32.2 Å². The van der Waals surface area contributed by atoms with Crippen molar-refractivity contribution in [2.45, 2.75) is 6.42 Å². The first-order valence-corrected chi connectivity index (χ1v) is 10.4. The van der Waals surface area contributed by atoms with E-state index in [1.165, 1.54) is 5.30 Å². The molecule has 0 saturated carbocycles. The fourth-order valence-electron chi connectivity index (χ4n) is 3.01. The average molecular weight is 582 g/mol. The first-order valence-electron chi connectivity index (χ1n) is 8.77. The van der Waals surface area contributed by atoms with Crippen LogP contribution in [0.3, 0.4) is 0 Å². The molecule has 0 fully saturated rings. The van der Waals surface area contributed by atoms with Crippen LogP contribution in [0.25, 0.3) is 22.4 Å². The van der Waals surface area contributed by atoms with Crippen LogP contribution in [0, 0.1) is 30.4 Å². The second-order valence-corrected chi connectivity index (χ2v) is 8.16. The molecule has 29 heavy (non-hydrogen) atoms. The van der Waals surface area contributed by atoms with Crippen LogP contribution < -0.4 is 0 Å². The van der Waals surface area contributed by atoms with Crippen molar-refractivity contribution in [3.05, 3.63) is 114 Å². The Labute approximate surface area is 184 Å². The van der Waals surface area contributed by atoms with Gasteiger partial charge in [0, 0.05) is 38.3 Å². The number of nitrogens with zero attached hydrogens (tertiary/aromatic N) is 1. The fraction of sp³-hybridized carbons (Fsp3) is 0.0417. The Balaban J connectivity index is 0.00000240. The minimum Gasteiger partial charge on any atom is -0.291 e. The molecule has 0 N–H and O–H groups in total. The second kappa shape index (κ2) is 9.52. The first-order chi connectivity index (χ1) is 13.6. The minimum absolute atomic E-state index is 0. The molecule has 1 atom stereocenters. The molecule has 4 rings (SSSR count). The molecule has 2 aromatic carbocycles. The number of aromatic nitrogens is 1. The van der Waals surface area contributed by atoms with E-state index in [1.807, 2.05) is 24.3 Å². The molecular weight excluding hydrogens is 566 g/mol. The number of rotatable bonds is 4. The van der Waals surface area contributed by atoms with Crippen molar-refractivity contribution in [3.63, 3.8) is 0 Å². The predicted octanol–water partition coefficient (Wildman–Crippen LogP) is 6.79. The summed E-state index contributed by atoms with van der Waals surface area (Å²) in [5.74, 6) is 0.733. The van der Waals surface area contributed by atoms with Crippen LogP contribution in [0.15, 0.2) is 72.5 Å². The van der Waals surface area contributed by atoms with Crippen molar-refractivity contribution < 1.29 is 29.8 Å². The number of pyridine rings is 1. The Hall–Kier alpha value is -2.21. The molecular formula is C24H16F2NPPt-2. The second-order valence-electron chi connectivity index (χ2n) is 6.34. The molecule has 0 saturated heterocycles. The molecule has 0 aliphatic heterocycles. The Kier molecular flexibility index (Phi) is 7.06. The molecule has 0 radical (unpaired) electrons. The maximum Gasteiger partial charge on any atom is 0.0996 e. The van der Waals surface area contributed by atoms with Crippen LogP contribution in [0.2, 0.25) is 0 Å². The van der Waals surface area contributed by atoms with E-state index < -0.39 is 19.2 Å². The minimum atomic E-state index is -0.686. The van der Waals surface area contributed by atoms with Crippen LogP contribution in [0.4, 0.5) is 8.78 Å². The summed E-state index contributed by atoms with van der Waals surface area (Å²) in [7, 11) is -0.565. The molecule has 0 aliphatic carbocycles. The zero-order valence-electron chi connectivity index (χ0n) is 15.3. The van der Waals surface area contributed by atoms with E-state index in [9.17, 15) is 8.78 Å². The topological polar surface area (TPSA) is 12.9 Å². The first kappa shape index (κ1) is 21.5. The molecule has 0 spiro atoms. The fourth-order valence-corrected chi connectivity index (χ4v) is 4.15. The van der Waals surface area contributed by atoms with Crippen molar-refractivity contribution in [2.24, 2.45) is 0 Å². The number of hydrogen-bond donors (Lipinski definition) is 0. The largest absolute Gasteiger partial charge is 0.291 e. The number of benzene rings is 2. The third-order valence-corrected chi connectivity index (χ3v) is 6.00. The van der Waals surface area contributed by atoms with Gasteiger partial charge in [0.15, 0.2) is 0 Å². The van der Waals surface area contributed by atoms with Gasteiger partial charge < -0.3 is 0 Å². The van der Waals surface area contributed by atoms with Gasteiger partial charge >= 0.3 is 0 Å². The predicted molar refractivity (Wildman–Crippen MR) is 110 cm³/mol. The molecule has 0 amide bonds. The van der Waals surface area contributed by atoms with Crippen molar-refractivity contribution in [3.8, 4) is 22.4 Å². The standard InChI is InChI=1S/C24H16F2NP.Pt/c1-28-13-6-5-11-19(28)14-18-10-7-12-24(27-18)21-15-20(22(25)16-23(21)26)17-8-3-2-4-9-17;/h2-8,10-13,16H,1,14H2;/q-2;. The van der Waals surface area contributed by atoms with Gasteiger partial charge in [0.2, 0.25) is 0 Å². The van der Waals surface area contributed by atoms with Gasteiger partial charge in [0.1, 0.15) is 0 Å². The van der Waals surface area contributed by atoms with Gasteiger partial charge in [-0.05, 0) is 25.7 Å². The summed E-state index contributed by atoms with van der Waals surface area (Å²) >= 11 is 0. The Morgan fingerprint density at radius 1 is 0.931 bits per heavy atom. The van der Waals surface area contributed by atoms with E-state index in [4.69, 9.17) is 0 Å². The molecule has 0 aliphatic rings. The summed E-state index contributed by atoms with van der Waals surface area (Å²) in [6.07, 6.45) is 0.645. The van der Waals surface area contributed by atoms with Crippen LogP contribution in [0.1, 0.15) is 11.0 Å². The third kappa shape index (κ3) is 4.86. The van der Waals surface area contributed by atoms with E-state index >= 15 is 0 Å². The summed E-state index contributed by atoms with van der Waals surface area (Å²) < 4.78 is 28.9. The zero-order valence-corrected chi connectivity index (χ0v) is 18.5. The van der Waals surface area contributed by atoms with Gasteiger partial charge in [0.05, 0.1) is 23.3 Å². The SMILES string of the molecule is [CH2-][p+]1ccccc1Cc1cccc(-c2[c-]c(-c3[c-]cccc3)c(F)cc2F)n1.[Pt]. The number of hydrogen-bond acceptors (Lipinski definition) is 1. The van der Waals surface area contributed by atoms with Gasteiger partial charge in [-0.1, -0.05) is 29.8 Å². The van der Waals surface area contributed by atoms with Crippen molar-refractivity contribution >= 4 is 7.53 Å². The Morgan fingerprint density at radius 2 is 1.72 bits per heavy atom. The average Bonchev–Trinajstić information content (AvgIpc) is 2.71. The van der Waals surface area contributed by atoms with Crippen LogP contribution in [0.5, 0.6) is 0 Å². The van der Waals surface area contributed by atoms with Crippen molar-refractivity contribution in [1.82, 2.24) is 4.98 Å². The van der Waals surface area contributed by atoms with Gasteiger partial charge in [-0.2, -0.15) is 35.9 Å². The monoisotopic (exact) mass is 582 g/mol. The maximum absolute atomic E-state index is 14.5. The van der Waals surface area contributed by atoms with Crippen LogP contribution in [-0.2, 0) is 27.5 Å². The summed E-state index contributed by atoms with van der Waals surface area (Å²) in [5.41, 5.74) is 2.09. The van der Waals surface area contributed by atoms with Crippen LogP contribution in [-0.4, -0.2) is 4.98 Å². The molecule has 0 bridgehead atoms. The molecule has 5 heteroatoms. The zero-order chi connectivity index (χ0) is 19.5. The van der Waals surface area contributed by atoms with Gasteiger partial charge in [-0.15, -0.1) is 12.7 Å². The Bertz CT molecular complexity index is 1130. The molecule has 148 valence electrons. The van der Waals surface area contributed by atoms with Gasteiger partial charge in [-0.3, -0.25) is 13.8 Å². The van der Waals surface area contributed by atoms with Gasteiger partial charge in [0.25, 0.3) is 0 Å². The summed E-state index contributed by atoms with van der Waals surface area (Å²) in [6.45, 7) is 4.18. The van der Waals surface area contributed by atoms with E-state index in [2.05, 4.69) is 35.6 Å². The number of halogens is 2. The third-order valence-electron chi connectivity index (χ3n) is 4.42. The van der Waals surface area contributed by atoms with Gasteiger partial charge in [-0.25, -0.2) is 5.56 Å². The van der Waals surface area contributed by atoms with E-state index in [1.54, 1.807) is 30.3 Å². The van der Waals surface area contributed by atoms with Crippen LogP contribution >= 0.6 is 7.53 Å². The smallest absolute Gasteiger partial charge is 0.0996 e. The van der Waals surface area contributed by atoms with Crippen molar-refractivity contribution in [1.29, 1.82) is 0 Å². The molecule has 1 unspecified atom stereocenters. The summed E-state index contributed by atoms with van der Waals surface area (Å²) in [4.78, 5) is 4.60. The van der Waals surface area contributed by atoms with E-state index in [0.717, 1.165) is 11.8 Å². The van der Waals surface area contributed by atoms with Crippen molar-refractivity contribution in [2.75, 3.05) is 0 Å². The van der Waals surface area contributed by atoms with E-state index in [0.29, 0.717) is 17.7 Å². The quantitative estimate of drug-likeness (QED) is 0.242. The molecule has 4 aromatic rings. The maximum atomic E-state index is 14.5. The molecule has 2 heterocycles. The summed E-state index contributed by atoms with van der Waals surface area (Å²) in [6, 6.07) is 25.2.